The molecule has 0 fully saturated rings. The zero-order chi connectivity index (χ0) is 19.5. The summed E-state index contributed by atoms with van der Waals surface area (Å²) in [5, 5.41) is 3.85. The number of hydrogen-bond acceptors (Lipinski definition) is 7. The van der Waals surface area contributed by atoms with Crippen molar-refractivity contribution in [2.24, 2.45) is 0 Å². The molecule has 2 aromatic carbocycles. The normalized spacial score (nSPS) is 10.5. The molecule has 2 aromatic rings. The molecule has 0 aliphatic rings. The monoisotopic (exact) mass is 448 g/mol. The van der Waals surface area contributed by atoms with Crippen LogP contribution in [0.5, 0.6) is 5.75 Å². The van der Waals surface area contributed by atoms with Gasteiger partial charge in [0.2, 0.25) is 0 Å². The van der Waals surface area contributed by atoms with Gasteiger partial charge in [-0.1, -0.05) is 23.2 Å². The fourth-order valence-electron chi connectivity index (χ4n) is 1.84. The van der Waals surface area contributed by atoms with Crippen LogP contribution in [-0.4, -0.2) is 31.9 Å². The standard InChI is InChI=1S/C17H18Cl2N2O4S2/c1-23-25-27-21-12-2-4-13(5-3-12)24-11-17(22)20-8-9-26-14-6-7-15(18)16(19)10-14/h2-7,10,21H,8-9,11H2,1H3,(H,20,22). The molecule has 2 rings (SSSR count). The molecule has 0 aliphatic heterocycles. The van der Waals surface area contributed by atoms with E-state index in [2.05, 4.69) is 19.3 Å². The summed E-state index contributed by atoms with van der Waals surface area (Å²) in [6, 6.07) is 12.6. The van der Waals surface area contributed by atoms with E-state index in [4.69, 9.17) is 27.9 Å². The number of amides is 1. The second kappa shape index (κ2) is 12.2. The number of halogens is 2. The number of anilines is 1. The van der Waals surface area contributed by atoms with Gasteiger partial charge in [0.25, 0.3) is 5.91 Å². The van der Waals surface area contributed by atoms with E-state index in [0.717, 1.165) is 22.8 Å². The highest BCUT2D eigenvalue weighted by molar-refractivity contribution is 7.99. The van der Waals surface area contributed by atoms with Crippen LogP contribution in [0.3, 0.4) is 0 Å². The molecule has 0 aromatic heterocycles. The number of nitrogens with one attached hydrogen (secondary N) is 2. The van der Waals surface area contributed by atoms with Crippen molar-refractivity contribution in [1.82, 2.24) is 5.32 Å². The molecule has 0 heterocycles. The van der Waals surface area contributed by atoms with Crippen molar-refractivity contribution >= 4 is 58.8 Å². The van der Waals surface area contributed by atoms with Crippen molar-refractivity contribution in [2.75, 3.05) is 30.7 Å². The summed E-state index contributed by atoms with van der Waals surface area (Å²) in [5.74, 6) is 1.13. The second-order valence-corrected chi connectivity index (χ2v) is 7.50. The molecule has 1 amide bonds. The van der Waals surface area contributed by atoms with E-state index in [-0.39, 0.29) is 12.5 Å². The van der Waals surface area contributed by atoms with E-state index in [1.807, 2.05) is 6.07 Å². The summed E-state index contributed by atoms with van der Waals surface area (Å²) in [5.41, 5.74) is 0.813. The van der Waals surface area contributed by atoms with Gasteiger partial charge in [0.1, 0.15) is 18.0 Å². The summed E-state index contributed by atoms with van der Waals surface area (Å²) in [6.07, 6.45) is 0. The van der Waals surface area contributed by atoms with Crippen LogP contribution < -0.4 is 14.8 Å². The van der Waals surface area contributed by atoms with Crippen LogP contribution in [0.25, 0.3) is 0 Å². The molecule has 6 nitrogen and oxygen atoms in total. The third kappa shape index (κ3) is 8.50. The van der Waals surface area contributed by atoms with E-state index < -0.39 is 0 Å². The van der Waals surface area contributed by atoms with Gasteiger partial charge >= 0.3 is 0 Å². The van der Waals surface area contributed by atoms with E-state index in [0.29, 0.717) is 28.1 Å². The topological polar surface area (TPSA) is 68.8 Å². The molecule has 0 saturated carbocycles. The molecule has 0 radical (unpaired) electrons. The molecule has 0 aliphatic carbocycles. The average molecular weight is 449 g/mol. The lowest BCUT2D eigenvalue weighted by molar-refractivity contribution is -0.159. The van der Waals surface area contributed by atoms with Crippen molar-refractivity contribution in [3.8, 4) is 5.75 Å². The van der Waals surface area contributed by atoms with Gasteiger partial charge < -0.3 is 14.8 Å². The van der Waals surface area contributed by atoms with E-state index in [9.17, 15) is 4.79 Å². The van der Waals surface area contributed by atoms with Crippen LogP contribution in [0.4, 0.5) is 5.69 Å². The van der Waals surface area contributed by atoms with Crippen molar-refractivity contribution in [3.63, 3.8) is 0 Å². The average Bonchev–Trinajstić information content (AvgIpc) is 2.67. The number of carbonyl (C=O) groups is 1. The Kier molecular flexibility index (Phi) is 9.96. The zero-order valence-corrected chi connectivity index (χ0v) is 17.5. The lowest BCUT2D eigenvalue weighted by Gasteiger charge is -2.09. The summed E-state index contributed by atoms with van der Waals surface area (Å²) >= 11 is 14.4. The summed E-state index contributed by atoms with van der Waals surface area (Å²) < 4.78 is 13.0. The van der Waals surface area contributed by atoms with Gasteiger partial charge in [-0.05, 0) is 42.5 Å². The summed E-state index contributed by atoms with van der Waals surface area (Å²) in [4.78, 5) is 17.3. The van der Waals surface area contributed by atoms with Gasteiger partial charge in [0.15, 0.2) is 6.61 Å². The Balaban J connectivity index is 1.62. The van der Waals surface area contributed by atoms with Crippen molar-refractivity contribution in [1.29, 1.82) is 0 Å². The van der Waals surface area contributed by atoms with Crippen LogP contribution >= 0.6 is 47.2 Å². The van der Waals surface area contributed by atoms with Crippen LogP contribution in [-0.2, 0) is 14.0 Å². The third-order valence-electron chi connectivity index (χ3n) is 3.07. The van der Waals surface area contributed by atoms with Gasteiger partial charge in [-0.25, -0.2) is 4.89 Å². The van der Waals surface area contributed by atoms with E-state index in [1.54, 1.807) is 48.2 Å². The van der Waals surface area contributed by atoms with Crippen molar-refractivity contribution < 1.29 is 18.8 Å². The minimum absolute atomic E-state index is 0.0499. The van der Waals surface area contributed by atoms with Gasteiger partial charge in [-0.2, -0.15) is 0 Å². The quantitative estimate of drug-likeness (QED) is 0.127. The number of thioether (sulfide) groups is 1. The molecule has 0 atom stereocenters. The minimum Gasteiger partial charge on any atom is -0.484 e. The van der Waals surface area contributed by atoms with Crippen LogP contribution in [0.2, 0.25) is 10.0 Å². The molecule has 2 N–H and O–H groups in total. The predicted molar refractivity (Wildman–Crippen MR) is 111 cm³/mol. The Morgan fingerprint density at radius 1 is 1.11 bits per heavy atom. The number of benzene rings is 2. The smallest absolute Gasteiger partial charge is 0.257 e. The lowest BCUT2D eigenvalue weighted by Crippen LogP contribution is -2.30. The van der Waals surface area contributed by atoms with E-state index in [1.165, 1.54) is 7.11 Å². The SMILES string of the molecule is COOSNc1ccc(OCC(=O)NCCSc2ccc(Cl)c(Cl)c2)cc1. The van der Waals surface area contributed by atoms with Crippen LogP contribution in [0.1, 0.15) is 0 Å². The predicted octanol–water partition coefficient (Wildman–Crippen LogP) is 4.83. The molecule has 0 unspecified atom stereocenters. The Hall–Kier alpha value is -1.29. The first-order valence-electron chi connectivity index (χ1n) is 7.78. The zero-order valence-electron chi connectivity index (χ0n) is 14.4. The van der Waals surface area contributed by atoms with Gasteiger partial charge in [-0.15, -0.1) is 16.1 Å². The Labute approximate surface area is 176 Å². The lowest BCUT2D eigenvalue weighted by atomic mass is 10.3. The molecule has 27 heavy (non-hydrogen) atoms. The maximum Gasteiger partial charge on any atom is 0.257 e. The highest BCUT2D eigenvalue weighted by atomic mass is 35.5. The highest BCUT2D eigenvalue weighted by Crippen LogP contribution is 2.27. The Bertz CT molecular complexity index is 735. The molecule has 0 bridgehead atoms. The van der Waals surface area contributed by atoms with E-state index >= 15 is 0 Å². The maximum absolute atomic E-state index is 11.8. The summed E-state index contributed by atoms with van der Waals surface area (Å²) in [6.45, 7) is 0.471. The van der Waals surface area contributed by atoms with Crippen molar-refractivity contribution in [2.45, 2.75) is 4.90 Å². The van der Waals surface area contributed by atoms with Crippen LogP contribution in [0.15, 0.2) is 47.4 Å². The number of carbonyl (C=O) groups excluding carboxylic acids is 1. The molecule has 10 heteroatoms. The fraction of sp³-hybridized carbons (Fsp3) is 0.235. The molecular weight excluding hydrogens is 431 g/mol. The summed E-state index contributed by atoms with van der Waals surface area (Å²) in [7, 11) is 1.42. The van der Waals surface area contributed by atoms with Gasteiger partial charge in [-0.3, -0.25) is 4.79 Å². The highest BCUT2D eigenvalue weighted by Gasteiger charge is 2.04. The maximum atomic E-state index is 11.8. The number of hydrogen-bond donors (Lipinski definition) is 2. The van der Waals surface area contributed by atoms with Gasteiger partial charge in [0.05, 0.1) is 17.2 Å². The Morgan fingerprint density at radius 3 is 2.59 bits per heavy atom. The number of ether oxygens (including phenoxy) is 1. The first kappa shape index (κ1) is 22.0. The van der Waals surface area contributed by atoms with Crippen molar-refractivity contribution in [3.05, 3.63) is 52.5 Å². The third-order valence-corrected chi connectivity index (χ3v) is 5.33. The number of rotatable bonds is 11. The first-order chi connectivity index (χ1) is 13.1. The second-order valence-electron chi connectivity index (χ2n) is 5.01. The molecule has 0 saturated heterocycles. The fourth-order valence-corrected chi connectivity index (χ4v) is 3.35. The Morgan fingerprint density at radius 2 is 1.89 bits per heavy atom. The first-order valence-corrected chi connectivity index (χ1v) is 10.3. The minimum atomic E-state index is -0.184. The molecule has 0 spiro atoms. The largest absolute Gasteiger partial charge is 0.484 e. The molecular formula is C17H18Cl2N2O4S2. The molecule has 146 valence electrons. The van der Waals surface area contributed by atoms with Gasteiger partial charge in [0, 0.05) is 22.9 Å². The van der Waals surface area contributed by atoms with Crippen LogP contribution in [0, 0.1) is 0 Å².